The van der Waals surface area contributed by atoms with Crippen LogP contribution in [0.1, 0.15) is 24.3 Å². The summed E-state index contributed by atoms with van der Waals surface area (Å²) >= 11 is 0. The maximum atomic E-state index is 13.4. The molecule has 0 atom stereocenters. The lowest BCUT2D eigenvalue weighted by atomic mass is 10.2. The molecule has 16 nitrogen and oxygen atoms in total. The van der Waals surface area contributed by atoms with E-state index in [9.17, 15) is 4.79 Å². The van der Waals surface area contributed by atoms with Crippen molar-refractivity contribution in [2.75, 3.05) is 162 Å². The van der Waals surface area contributed by atoms with Gasteiger partial charge in [0.1, 0.15) is 18.1 Å². The predicted molar refractivity (Wildman–Crippen MR) is 213 cm³/mol. The summed E-state index contributed by atoms with van der Waals surface area (Å²) in [5, 5.41) is 4.39. The smallest absolute Gasteiger partial charge is 0.270 e. The van der Waals surface area contributed by atoms with Crippen molar-refractivity contribution in [2.24, 2.45) is 0 Å². The molecule has 4 rings (SSSR count). The highest BCUT2D eigenvalue weighted by molar-refractivity contribution is 5.98. The second kappa shape index (κ2) is 27.9. The van der Waals surface area contributed by atoms with Gasteiger partial charge in [-0.15, -0.1) is 0 Å². The molecule has 0 spiro atoms. The molecule has 56 heavy (non-hydrogen) atoms. The number of fused-ring (bicyclic) bond motifs is 1. The molecule has 1 aliphatic rings. The Morgan fingerprint density at radius 1 is 0.679 bits per heavy atom. The molecule has 0 radical (unpaired) electrons. The van der Waals surface area contributed by atoms with Crippen LogP contribution >= 0.6 is 0 Å². The molecule has 314 valence electrons. The Morgan fingerprint density at radius 2 is 1.18 bits per heavy atom. The van der Waals surface area contributed by atoms with Crippen molar-refractivity contribution in [3.8, 4) is 5.75 Å². The molecule has 0 aliphatic carbocycles. The molecular formula is C40H63N5O11. The molecule has 3 heterocycles. The molecule has 1 aliphatic heterocycles. The molecule has 2 N–H and O–H groups in total. The van der Waals surface area contributed by atoms with Gasteiger partial charge in [0.2, 0.25) is 0 Å². The number of carbonyl (C=O) groups is 1. The van der Waals surface area contributed by atoms with Crippen molar-refractivity contribution in [1.82, 2.24) is 14.9 Å². The van der Waals surface area contributed by atoms with Gasteiger partial charge in [-0.25, -0.2) is 4.98 Å². The van der Waals surface area contributed by atoms with Crippen LogP contribution in [-0.4, -0.2) is 179 Å². The quantitative estimate of drug-likeness (QED) is 0.0887. The summed E-state index contributed by atoms with van der Waals surface area (Å²) < 4.78 is 54.7. The van der Waals surface area contributed by atoms with Crippen LogP contribution in [0.2, 0.25) is 0 Å². The van der Waals surface area contributed by atoms with Gasteiger partial charge in [-0.2, -0.15) is 0 Å². The highest BCUT2D eigenvalue weighted by atomic mass is 16.6. The molecule has 16 heteroatoms. The van der Waals surface area contributed by atoms with Crippen LogP contribution in [-0.2, 0) is 42.6 Å². The number of piperazine rings is 1. The first kappa shape index (κ1) is 45.1. The molecule has 2 aromatic heterocycles. The highest BCUT2D eigenvalue weighted by Gasteiger charge is 2.25. The number of aromatic nitrogens is 2. The maximum Gasteiger partial charge on any atom is 0.270 e. The highest BCUT2D eigenvalue weighted by Crippen LogP contribution is 2.26. The number of H-pyrrole nitrogens is 1. The largest absolute Gasteiger partial charge is 0.491 e. The number of ether oxygens (including phenoxy) is 10. The minimum absolute atomic E-state index is 0.00754. The van der Waals surface area contributed by atoms with Crippen molar-refractivity contribution < 1.29 is 52.2 Å². The van der Waals surface area contributed by atoms with Crippen molar-refractivity contribution in [3.63, 3.8) is 0 Å². The van der Waals surface area contributed by atoms with Crippen LogP contribution in [0.5, 0.6) is 5.75 Å². The Morgan fingerprint density at radius 3 is 1.68 bits per heavy atom. The summed E-state index contributed by atoms with van der Waals surface area (Å²) in [5.74, 6) is 1.64. The van der Waals surface area contributed by atoms with Crippen LogP contribution in [0.15, 0.2) is 42.6 Å². The maximum absolute atomic E-state index is 13.4. The number of pyridine rings is 1. The zero-order valence-electron chi connectivity index (χ0n) is 33.5. The average Bonchev–Trinajstić information content (AvgIpc) is 3.64. The summed E-state index contributed by atoms with van der Waals surface area (Å²) in [6, 6.07) is 12.0. The Bertz CT molecular complexity index is 1470. The molecule has 0 saturated carbocycles. The summed E-state index contributed by atoms with van der Waals surface area (Å²) in [7, 11) is 1.65. The van der Waals surface area contributed by atoms with Crippen molar-refractivity contribution >= 4 is 28.3 Å². The first-order valence-corrected chi connectivity index (χ1v) is 19.7. The molecule has 0 unspecified atom stereocenters. The predicted octanol–water partition coefficient (Wildman–Crippen LogP) is 3.50. The van der Waals surface area contributed by atoms with Gasteiger partial charge in [0.25, 0.3) is 5.91 Å². The third-order valence-corrected chi connectivity index (χ3v) is 8.45. The number of nitrogens with one attached hydrogen (secondary N) is 2. The van der Waals surface area contributed by atoms with Crippen molar-refractivity contribution in [1.29, 1.82) is 0 Å². The first-order valence-electron chi connectivity index (χ1n) is 19.7. The number of hydrogen-bond acceptors (Lipinski definition) is 14. The minimum atomic E-state index is -0.00754. The van der Waals surface area contributed by atoms with Gasteiger partial charge in [0, 0.05) is 56.4 Å². The summed E-state index contributed by atoms with van der Waals surface area (Å²) in [6.07, 6.45) is 1.81. The Balaban J connectivity index is 0.934. The number of amides is 1. The number of aromatic amines is 1. The van der Waals surface area contributed by atoms with Crippen LogP contribution in [0.3, 0.4) is 0 Å². The van der Waals surface area contributed by atoms with Gasteiger partial charge in [-0.3, -0.25) is 4.79 Å². The van der Waals surface area contributed by atoms with Gasteiger partial charge < -0.3 is 67.5 Å². The third-order valence-electron chi connectivity index (χ3n) is 8.45. The number of nitrogens with zero attached hydrogens (tertiary/aromatic N) is 3. The molecular weight excluding hydrogens is 726 g/mol. The van der Waals surface area contributed by atoms with Crippen LogP contribution < -0.4 is 15.0 Å². The lowest BCUT2D eigenvalue weighted by Crippen LogP contribution is -2.49. The van der Waals surface area contributed by atoms with E-state index in [0.29, 0.717) is 157 Å². The molecule has 1 aromatic carbocycles. The summed E-state index contributed by atoms with van der Waals surface area (Å²) in [6.45, 7) is 16.0. The normalized spacial score (nSPS) is 13.3. The SMILES string of the molecule is COCCOCCOCCOCCOCCOCCOCCOCCOCCOc1ccc2[nH]c(C(=O)N3CCN(c4ncccc4NC(C)C)CC3)cc2c1. The van der Waals surface area contributed by atoms with Gasteiger partial charge in [-0.1, -0.05) is 0 Å². The summed E-state index contributed by atoms with van der Waals surface area (Å²) in [5.41, 5.74) is 2.47. The molecule has 3 aromatic rings. The monoisotopic (exact) mass is 789 g/mol. The van der Waals surface area contributed by atoms with Crippen LogP contribution in [0, 0.1) is 0 Å². The van der Waals surface area contributed by atoms with Gasteiger partial charge in [0.05, 0.1) is 118 Å². The Labute approximate surface area is 331 Å². The zero-order valence-corrected chi connectivity index (χ0v) is 33.5. The van der Waals surface area contributed by atoms with E-state index in [2.05, 4.69) is 34.0 Å². The van der Waals surface area contributed by atoms with E-state index < -0.39 is 0 Å². The second-order valence-corrected chi connectivity index (χ2v) is 13.1. The number of anilines is 2. The van der Waals surface area contributed by atoms with E-state index in [1.54, 1.807) is 7.11 Å². The third kappa shape index (κ3) is 17.7. The molecule has 1 saturated heterocycles. The van der Waals surface area contributed by atoms with Gasteiger partial charge in [0.15, 0.2) is 5.82 Å². The minimum Gasteiger partial charge on any atom is -0.491 e. The van der Waals surface area contributed by atoms with Crippen LogP contribution in [0.4, 0.5) is 11.5 Å². The number of methoxy groups -OCH3 is 1. The fraction of sp³-hybridized carbons (Fsp3) is 0.650. The average molecular weight is 790 g/mol. The Hall–Kier alpha value is -3.58. The fourth-order valence-corrected chi connectivity index (χ4v) is 5.68. The topological polar surface area (TPSA) is 157 Å². The Kier molecular flexibility index (Phi) is 22.5. The van der Waals surface area contributed by atoms with E-state index in [1.165, 1.54) is 0 Å². The lowest BCUT2D eigenvalue weighted by Gasteiger charge is -2.36. The number of carbonyl (C=O) groups excluding carboxylic acids is 1. The van der Waals surface area contributed by atoms with Gasteiger partial charge >= 0.3 is 0 Å². The number of hydrogen-bond donors (Lipinski definition) is 2. The van der Waals surface area contributed by atoms with E-state index >= 15 is 0 Å². The van der Waals surface area contributed by atoms with E-state index in [4.69, 9.17) is 47.4 Å². The first-order chi connectivity index (χ1) is 27.5. The van der Waals surface area contributed by atoms with Crippen molar-refractivity contribution in [3.05, 3.63) is 48.3 Å². The lowest BCUT2D eigenvalue weighted by molar-refractivity contribution is -0.0247. The second-order valence-electron chi connectivity index (χ2n) is 13.1. The molecule has 1 amide bonds. The molecule has 1 fully saturated rings. The number of benzene rings is 1. The van der Waals surface area contributed by atoms with Crippen molar-refractivity contribution in [2.45, 2.75) is 19.9 Å². The molecule has 0 bridgehead atoms. The van der Waals surface area contributed by atoms with E-state index in [-0.39, 0.29) is 5.91 Å². The van der Waals surface area contributed by atoms with Crippen LogP contribution in [0.25, 0.3) is 10.9 Å². The summed E-state index contributed by atoms with van der Waals surface area (Å²) in [4.78, 5) is 25.4. The fourth-order valence-electron chi connectivity index (χ4n) is 5.68. The zero-order chi connectivity index (χ0) is 39.5. The van der Waals surface area contributed by atoms with E-state index in [1.807, 2.05) is 47.5 Å². The van der Waals surface area contributed by atoms with Gasteiger partial charge in [-0.05, 0) is 50.2 Å². The number of rotatable bonds is 32. The standard InChI is InChI=1S/C40H63N5O11/c1-33(2)42-37-5-4-8-41-39(37)44-9-11-45(12-10-44)40(46)38-32-34-31-35(6-7-36(34)43-38)56-30-29-55-28-27-54-26-25-53-24-23-52-22-21-51-20-19-50-18-17-49-16-15-48-14-13-47-3/h4-8,31-33,42-43H,9-30H2,1-3H3. The van der Waals surface area contributed by atoms with E-state index in [0.717, 1.165) is 28.2 Å².